The molecule has 17 heavy (non-hydrogen) atoms. The summed E-state index contributed by atoms with van der Waals surface area (Å²) >= 11 is 0. The van der Waals surface area contributed by atoms with E-state index < -0.39 is 23.6 Å². The fourth-order valence-corrected chi connectivity index (χ4v) is 0.982. The van der Waals surface area contributed by atoms with Crippen LogP contribution >= 0.6 is 0 Å². The van der Waals surface area contributed by atoms with E-state index >= 15 is 0 Å². The highest BCUT2D eigenvalue weighted by atomic mass is 19.1. The van der Waals surface area contributed by atoms with E-state index in [-0.39, 0.29) is 12.2 Å². The van der Waals surface area contributed by atoms with Gasteiger partial charge >= 0.3 is 12.0 Å². The first-order valence-electron chi connectivity index (χ1n) is 4.59. The minimum Gasteiger partial charge on any atom is -0.468 e. The van der Waals surface area contributed by atoms with Gasteiger partial charge in [-0.05, 0) is 12.1 Å². The molecule has 2 amide bonds. The van der Waals surface area contributed by atoms with E-state index in [0.717, 1.165) is 12.1 Å². The van der Waals surface area contributed by atoms with E-state index in [1.165, 1.54) is 7.11 Å². The molecule has 1 rings (SSSR count). The van der Waals surface area contributed by atoms with Crippen molar-refractivity contribution < 1.29 is 23.1 Å². The van der Waals surface area contributed by atoms with Crippen molar-refractivity contribution in [3.8, 4) is 0 Å². The van der Waals surface area contributed by atoms with Crippen LogP contribution in [-0.4, -0.2) is 25.7 Å². The van der Waals surface area contributed by atoms with Gasteiger partial charge in [0, 0.05) is 6.07 Å². The maximum atomic E-state index is 13.1. The van der Waals surface area contributed by atoms with Crippen molar-refractivity contribution in [2.24, 2.45) is 0 Å². The lowest BCUT2D eigenvalue weighted by Crippen LogP contribution is -2.34. The Bertz CT molecular complexity index is 438. The number of urea groups is 1. The highest BCUT2D eigenvalue weighted by Gasteiger charge is 2.08. The molecular formula is C10H10F2N2O3. The van der Waals surface area contributed by atoms with Crippen LogP contribution < -0.4 is 10.6 Å². The molecule has 0 unspecified atom stereocenters. The summed E-state index contributed by atoms with van der Waals surface area (Å²) in [5, 5.41) is 4.26. The summed E-state index contributed by atoms with van der Waals surface area (Å²) in [4.78, 5) is 21.9. The summed E-state index contributed by atoms with van der Waals surface area (Å²) in [6.45, 7) is -0.342. The summed E-state index contributed by atoms with van der Waals surface area (Å²) in [6, 6.07) is 1.91. The lowest BCUT2D eigenvalue weighted by atomic mass is 10.3. The van der Waals surface area contributed by atoms with Gasteiger partial charge in [0.2, 0.25) is 0 Å². The Morgan fingerprint density at radius 2 is 2.06 bits per heavy atom. The van der Waals surface area contributed by atoms with Gasteiger partial charge in [0.15, 0.2) is 0 Å². The van der Waals surface area contributed by atoms with Crippen LogP contribution in [0.4, 0.5) is 19.3 Å². The van der Waals surface area contributed by atoms with Gasteiger partial charge in [-0.1, -0.05) is 0 Å². The zero-order valence-corrected chi connectivity index (χ0v) is 8.92. The third-order valence-electron chi connectivity index (χ3n) is 1.80. The van der Waals surface area contributed by atoms with Crippen LogP contribution in [-0.2, 0) is 9.53 Å². The van der Waals surface area contributed by atoms with E-state index in [0.29, 0.717) is 6.07 Å². The predicted octanol–water partition coefficient (Wildman–Crippen LogP) is 1.26. The van der Waals surface area contributed by atoms with Crippen molar-refractivity contribution >= 4 is 17.7 Å². The number of esters is 1. The predicted molar refractivity (Wildman–Crippen MR) is 55.4 cm³/mol. The molecule has 0 heterocycles. The number of hydrogen-bond donors (Lipinski definition) is 2. The number of halogens is 2. The second-order valence-electron chi connectivity index (χ2n) is 3.01. The smallest absolute Gasteiger partial charge is 0.325 e. The van der Waals surface area contributed by atoms with Crippen LogP contribution in [0.2, 0.25) is 0 Å². The van der Waals surface area contributed by atoms with Gasteiger partial charge < -0.3 is 15.4 Å². The molecule has 0 aliphatic rings. The maximum absolute atomic E-state index is 13.1. The average molecular weight is 244 g/mol. The number of amides is 2. The molecule has 0 aliphatic heterocycles. The molecule has 0 saturated heterocycles. The van der Waals surface area contributed by atoms with Crippen molar-refractivity contribution in [1.82, 2.24) is 5.32 Å². The number of carbonyl (C=O) groups is 2. The zero-order chi connectivity index (χ0) is 12.8. The molecule has 92 valence electrons. The standard InChI is InChI=1S/C10H10F2N2O3/c1-17-9(15)5-13-10(16)14-8-3-2-6(11)4-7(8)12/h2-4H,5H2,1H3,(H2,13,14,16). The molecule has 0 saturated carbocycles. The molecule has 7 heteroatoms. The van der Waals surface area contributed by atoms with Gasteiger partial charge in [-0.3, -0.25) is 4.79 Å². The van der Waals surface area contributed by atoms with E-state index in [2.05, 4.69) is 15.4 Å². The van der Waals surface area contributed by atoms with E-state index in [9.17, 15) is 18.4 Å². The fourth-order valence-electron chi connectivity index (χ4n) is 0.982. The van der Waals surface area contributed by atoms with Gasteiger partial charge in [-0.25, -0.2) is 13.6 Å². The average Bonchev–Trinajstić information content (AvgIpc) is 2.29. The molecule has 0 fully saturated rings. The highest BCUT2D eigenvalue weighted by molar-refractivity contribution is 5.91. The number of hydrogen-bond acceptors (Lipinski definition) is 3. The van der Waals surface area contributed by atoms with Crippen molar-refractivity contribution in [3.63, 3.8) is 0 Å². The normalized spacial score (nSPS) is 9.59. The van der Waals surface area contributed by atoms with Crippen LogP contribution in [0.15, 0.2) is 18.2 Å². The molecule has 0 radical (unpaired) electrons. The molecular weight excluding hydrogens is 234 g/mol. The Morgan fingerprint density at radius 3 is 2.65 bits per heavy atom. The van der Waals surface area contributed by atoms with Crippen molar-refractivity contribution in [1.29, 1.82) is 0 Å². The highest BCUT2D eigenvalue weighted by Crippen LogP contribution is 2.14. The lowest BCUT2D eigenvalue weighted by molar-refractivity contribution is -0.139. The molecule has 0 bridgehead atoms. The molecule has 2 N–H and O–H groups in total. The Labute approximate surface area is 95.8 Å². The Kier molecular flexibility index (Phi) is 4.38. The number of rotatable bonds is 3. The number of carbonyl (C=O) groups excluding carboxylic acids is 2. The minimum atomic E-state index is -0.904. The number of nitrogens with one attached hydrogen (secondary N) is 2. The summed E-state index contributed by atoms with van der Waals surface area (Å²) in [7, 11) is 1.17. The van der Waals surface area contributed by atoms with Crippen LogP contribution in [0.1, 0.15) is 0 Å². The largest absolute Gasteiger partial charge is 0.468 e. The minimum absolute atomic E-state index is 0.186. The third-order valence-corrected chi connectivity index (χ3v) is 1.80. The molecule has 0 atom stereocenters. The first-order valence-corrected chi connectivity index (χ1v) is 4.59. The zero-order valence-electron chi connectivity index (χ0n) is 8.92. The monoisotopic (exact) mass is 244 g/mol. The van der Waals surface area contributed by atoms with Crippen LogP contribution in [0, 0.1) is 11.6 Å². The first-order chi connectivity index (χ1) is 8.02. The molecule has 5 nitrogen and oxygen atoms in total. The maximum Gasteiger partial charge on any atom is 0.325 e. The van der Waals surface area contributed by atoms with Crippen LogP contribution in [0.25, 0.3) is 0 Å². The molecule has 0 aliphatic carbocycles. The molecule has 0 spiro atoms. The van der Waals surface area contributed by atoms with E-state index in [1.807, 2.05) is 0 Å². The molecule has 0 aromatic heterocycles. The van der Waals surface area contributed by atoms with E-state index in [4.69, 9.17) is 0 Å². The van der Waals surface area contributed by atoms with Gasteiger partial charge in [0.05, 0.1) is 12.8 Å². The third kappa shape index (κ3) is 4.06. The summed E-state index contributed by atoms with van der Waals surface area (Å²) in [6.07, 6.45) is 0. The van der Waals surface area contributed by atoms with Crippen molar-refractivity contribution in [2.45, 2.75) is 0 Å². The first kappa shape index (κ1) is 12.9. The van der Waals surface area contributed by atoms with Gasteiger partial charge in [-0.2, -0.15) is 0 Å². The van der Waals surface area contributed by atoms with Gasteiger partial charge in [0.25, 0.3) is 0 Å². The second kappa shape index (κ2) is 5.78. The number of methoxy groups -OCH3 is 1. The van der Waals surface area contributed by atoms with Crippen molar-refractivity contribution in [2.75, 3.05) is 19.0 Å². The Hall–Kier alpha value is -2.18. The van der Waals surface area contributed by atoms with E-state index in [1.54, 1.807) is 0 Å². The lowest BCUT2D eigenvalue weighted by Gasteiger charge is -2.07. The van der Waals surface area contributed by atoms with Crippen LogP contribution in [0.5, 0.6) is 0 Å². The van der Waals surface area contributed by atoms with Crippen molar-refractivity contribution in [3.05, 3.63) is 29.8 Å². The summed E-state index contributed by atoms with van der Waals surface area (Å²) in [5.41, 5.74) is -0.186. The quantitative estimate of drug-likeness (QED) is 0.786. The second-order valence-corrected chi connectivity index (χ2v) is 3.01. The Morgan fingerprint density at radius 1 is 1.35 bits per heavy atom. The molecule has 1 aromatic rings. The summed E-state index contributed by atoms with van der Waals surface area (Å²) < 4.78 is 29.9. The topological polar surface area (TPSA) is 67.4 Å². The van der Waals surface area contributed by atoms with Gasteiger partial charge in [-0.15, -0.1) is 0 Å². The number of ether oxygens (including phenoxy) is 1. The van der Waals surface area contributed by atoms with Gasteiger partial charge in [0.1, 0.15) is 18.2 Å². The van der Waals surface area contributed by atoms with Crippen LogP contribution in [0.3, 0.4) is 0 Å². The number of anilines is 1. The molecule has 1 aromatic carbocycles. The fraction of sp³-hybridized carbons (Fsp3) is 0.200. The SMILES string of the molecule is COC(=O)CNC(=O)Nc1ccc(F)cc1F. The summed E-state index contributed by atoms with van der Waals surface area (Å²) in [5.74, 6) is -2.29. The number of benzene rings is 1. The Balaban J connectivity index is 2.53.